The van der Waals surface area contributed by atoms with Crippen LogP contribution in [0.25, 0.3) is 0 Å². The van der Waals surface area contributed by atoms with Gasteiger partial charge in [0.1, 0.15) is 11.4 Å². The van der Waals surface area contributed by atoms with Crippen LogP contribution in [0.2, 0.25) is 5.02 Å². The van der Waals surface area contributed by atoms with Crippen molar-refractivity contribution in [3.05, 3.63) is 63.7 Å². The summed E-state index contributed by atoms with van der Waals surface area (Å²) in [6.45, 7) is 7.83. The summed E-state index contributed by atoms with van der Waals surface area (Å²) >= 11 is 4.76. The van der Waals surface area contributed by atoms with Crippen LogP contribution in [0.15, 0.2) is 41.3 Å². The van der Waals surface area contributed by atoms with Gasteiger partial charge in [0.05, 0.1) is 5.56 Å². The van der Waals surface area contributed by atoms with Crippen LogP contribution >= 0.6 is 11.6 Å². The predicted molar refractivity (Wildman–Crippen MR) is 149 cm³/mol. The maximum absolute atomic E-state index is 14.1. The molecule has 0 spiro atoms. The minimum absolute atomic E-state index is 0.0200. The van der Waals surface area contributed by atoms with E-state index in [-0.39, 0.29) is 36.8 Å². The molecule has 40 heavy (non-hydrogen) atoms. The number of alkyl halides is 3. The van der Waals surface area contributed by atoms with Gasteiger partial charge in [0.25, 0.3) is 5.91 Å². The minimum Gasteiger partial charge on any atom is -0.611 e. The van der Waals surface area contributed by atoms with E-state index in [1.54, 1.807) is 45.9 Å². The highest BCUT2D eigenvalue weighted by molar-refractivity contribution is 7.91. The quantitative estimate of drug-likeness (QED) is 0.349. The number of benzene rings is 2. The van der Waals surface area contributed by atoms with Crippen LogP contribution in [0.3, 0.4) is 0 Å². The Labute approximate surface area is 241 Å². The van der Waals surface area contributed by atoms with Crippen LogP contribution < -0.4 is 10.6 Å². The number of alkyl carbamates (subject to hydrolysis) is 1. The summed E-state index contributed by atoms with van der Waals surface area (Å²) in [6.07, 6.45) is -3.73. The summed E-state index contributed by atoms with van der Waals surface area (Å²) in [6, 6.07) is 8.21. The Morgan fingerprint density at radius 3 is 2.50 bits per heavy atom. The molecule has 2 aromatic rings. The number of halogens is 4. The first-order chi connectivity index (χ1) is 18.7. The fourth-order valence-electron chi connectivity index (χ4n) is 4.53. The van der Waals surface area contributed by atoms with Gasteiger partial charge in [-0.25, -0.2) is 4.79 Å². The van der Waals surface area contributed by atoms with Crippen LogP contribution in [0, 0.1) is 0 Å². The van der Waals surface area contributed by atoms with Crippen molar-refractivity contribution in [2.24, 2.45) is 0 Å². The van der Waals surface area contributed by atoms with Crippen molar-refractivity contribution in [2.45, 2.75) is 76.3 Å². The number of hydrogen-bond donors (Lipinski definition) is 2. The largest absolute Gasteiger partial charge is 0.611 e. The molecule has 1 aliphatic rings. The topological polar surface area (TPSA) is 93.7 Å². The summed E-state index contributed by atoms with van der Waals surface area (Å²) in [5.74, 6) is -0.320. The van der Waals surface area contributed by atoms with E-state index in [1.165, 1.54) is 12.1 Å². The SMILES string of the molecule is CC[S+]([O-])c1ccc(Cl)cc1CNC(=O)c1ccc(CN2CCC[C@H]2CNC(=O)OC(C)(C)C)c(C(F)(F)F)c1. The molecule has 220 valence electrons. The Bertz CT molecular complexity index is 1210. The molecule has 0 aromatic heterocycles. The number of carbonyl (C=O) groups excluding carboxylic acids is 2. The first kappa shape index (κ1) is 32.0. The fraction of sp³-hybridized carbons (Fsp3) is 0.500. The predicted octanol–water partition coefficient (Wildman–Crippen LogP) is 5.91. The lowest BCUT2D eigenvalue weighted by atomic mass is 10.0. The molecule has 0 aliphatic carbocycles. The van der Waals surface area contributed by atoms with Gasteiger partial charge in [-0.15, -0.1) is 0 Å². The maximum atomic E-state index is 14.1. The van der Waals surface area contributed by atoms with Crippen LogP contribution in [0.4, 0.5) is 18.0 Å². The zero-order valence-corrected chi connectivity index (χ0v) is 24.6. The molecule has 1 fully saturated rings. The first-order valence-corrected chi connectivity index (χ1v) is 14.7. The molecule has 1 unspecified atom stereocenters. The highest BCUT2D eigenvalue weighted by atomic mass is 35.5. The Kier molecular flexibility index (Phi) is 10.8. The Morgan fingerprint density at radius 1 is 1.12 bits per heavy atom. The summed E-state index contributed by atoms with van der Waals surface area (Å²) in [7, 11) is 0. The lowest BCUT2D eigenvalue weighted by Gasteiger charge is -2.27. The molecule has 12 heteroatoms. The zero-order valence-electron chi connectivity index (χ0n) is 23.0. The number of nitrogens with one attached hydrogen (secondary N) is 2. The normalized spacial score (nSPS) is 17.0. The van der Waals surface area contributed by atoms with E-state index in [2.05, 4.69) is 10.6 Å². The molecular formula is C28H35ClF3N3O4S. The molecule has 7 nitrogen and oxygen atoms in total. The standard InChI is InChI=1S/C28H35ClF3N3O4S/c1-5-40(38)24-11-10-21(29)13-20(24)15-33-25(36)18-8-9-19(23(14-18)28(30,31)32)17-35-12-6-7-22(35)16-34-26(37)39-27(2,3)4/h8-11,13-14,22H,5-7,12,15-17H2,1-4H3,(H,33,36)(H,34,37)/t22-,40?/m0/s1. The second-order valence-corrected chi connectivity index (χ2v) is 12.7. The molecule has 0 radical (unpaired) electrons. The molecule has 1 saturated heterocycles. The second kappa shape index (κ2) is 13.5. The molecule has 2 amide bonds. The molecule has 1 aliphatic heterocycles. The Morgan fingerprint density at radius 2 is 1.85 bits per heavy atom. The van der Waals surface area contributed by atoms with Crippen molar-refractivity contribution in [3.63, 3.8) is 0 Å². The monoisotopic (exact) mass is 601 g/mol. The summed E-state index contributed by atoms with van der Waals surface area (Å²) in [5, 5.41) is 5.72. The van der Waals surface area contributed by atoms with Gasteiger partial charge in [-0.3, -0.25) is 9.69 Å². The molecule has 2 atom stereocenters. The highest BCUT2D eigenvalue weighted by Crippen LogP contribution is 2.34. The van der Waals surface area contributed by atoms with Crippen molar-refractivity contribution in [1.82, 2.24) is 15.5 Å². The van der Waals surface area contributed by atoms with E-state index < -0.39 is 40.5 Å². The zero-order chi connectivity index (χ0) is 29.7. The number of rotatable bonds is 9. The minimum atomic E-state index is -4.67. The van der Waals surface area contributed by atoms with E-state index in [9.17, 15) is 27.3 Å². The molecule has 2 N–H and O–H groups in total. The molecule has 0 saturated carbocycles. The van der Waals surface area contributed by atoms with Gasteiger partial charge in [0.2, 0.25) is 0 Å². The number of carbonyl (C=O) groups is 2. The van der Waals surface area contributed by atoms with E-state index >= 15 is 0 Å². The summed E-state index contributed by atoms with van der Waals surface area (Å²) in [4.78, 5) is 27.3. The average molecular weight is 602 g/mol. The van der Waals surface area contributed by atoms with Gasteiger partial charge in [-0.05, 0) is 94.2 Å². The van der Waals surface area contributed by atoms with E-state index in [0.717, 1.165) is 18.9 Å². The second-order valence-electron chi connectivity index (χ2n) is 10.6. The number of ether oxygens (including phenoxy) is 1. The molecular weight excluding hydrogens is 567 g/mol. The van der Waals surface area contributed by atoms with Crippen molar-refractivity contribution in [3.8, 4) is 0 Å². The van der Waals surface area contributed by atoms with Crippen molar-refractivity contribution < 1.29 is 32.0 Å². The van der Waals surface area contributed by atoms with Crippen molar-refractivity contribution >= 4 is 34.8 Å². The van der Waals surface area contributed by atoms with Crippen LogP contribution in [0.1, 0.15) is 67.6 Å². The molecule has 0 bridgehead atoms. The fourth-order valence-corrected chi connectivity index (χ4v) is 5.68. The lowest BCUT2D eigenvalue weighted by molar-refractivity contribution is -0.138. The van der Waals surface area contributed by atoms with Crippen LogP contribution in [0.5, 0.6) is 0 Å². The van der Waals surface area contributed by atoms with Gasteiger partial charge in [0.15, 0.2) is 4.90 Å². The third kappa shape index (κ3) is 9.02. The lowest BCUT2D eigenvalue weighted by Crippen LogP contribution is -2.42. The van der Waals surface area contributed by atoms with Gasteiger partial charge in [-0.2, -0.15) is 13.2 Å². The molecule has 2 aromatic carbocycles. The number of nitrogens with zero attached hydrogens (tertiary/aromatic N) is 1. The Hall–Kier alpha value is -2.47. The number of hydrogen-bond acceptors (Lipinski definition) is 5. The Balaban J connectivity index is 1.72. The highest BCUT2D eigenvalue weighted by Gasteiger charge is 2.36. The third-order valence-electron chi connectivity index (χ3n) is 6.40. The van der Waals surface area contributed by atoms with Gasteiger partial charge in [-0.1, -0.05) is 17.7 Å². The van der Waals surface area contributed by atoms with Crippen LogP contribution in [-0.4, -0.2) is 51.9 Å². The maximum Gasteiger partial charge on any atom is 0.416 e. The van der Waals surface area contributed by atoms with E-state index in [0.29, 0.717) is 27.8 Å². The summed E-state index contributed by atoms with van der Waals surface area (Å²) < 4.78 is 59.8. The van der Waals surface area contributed by atoms with Crippen molar-refractivity contribution in [1.29, 1.82) is 0 Å². The summed E-state index contributed by atoms with van der Waals surface area (Å²) in [5.41, 5.74) is -1.10. The third-order valence-corrected chi connectivity index (χ3v) is 8.05. The average Bonchev–Trinajstić information content (AvgIpc) is 3.31. The van der Waals surface area contributed by atoms with Crippen LogP contribution in [-0.2, 0) is 35.2 Å². The van der Waals surface area contributed by atoms with Gasteiger partial charge in [0, 0.05) is 41.8 Å². The smallest absolute Gasteiger partial charge is 0.416 e. The molecule has 1 heterocycles. The van der Waals surface area contributed by atoms with Gasteiger partial charge >= 0.3 is 12.3 Å². The van der Waals surface area contributed by atoms with Crippen molar-refractivity contribution in [2.75, 3.05) is 18.8 Å². The first-order valence-electron chi connectivity index (χ1n) is 13.0. The van der Waals surface area contributed by atoms with E-state index in [1.807, 2.05) is 4.90 Å². The number of amides is 2. The van der Waals surface area contributed by atoms with E-state index in [4.69, 9.17) is 16.3 Å². The van der Waals surface area contributed by atoms with Gasteiger partial charge < -0.3 is 19.9 Å². The molecule has 3 rings (SSSR count). The number of likely N-dealkylation sites (tertiary alicyclic amines) is 1.